The van der Waals surface area contributed by atoms with Crippen LogP contribution in [-0.4, -0.2) is 48.6 Å². The van der Waals surface area contributed by atoms with Gasteiger partial charge in [-0.15, -0.1) is 0 Å². The smallest absolute Gasteiger partial charge is 0.335 e. The van der Waals surface area contributed by atoms with Gasteiger partial charge in [-0.2, -0.15) is 0 Å². The third-order valence-corrected chi connectivity index (χ3v) is 10.4. The standard InChI is InChI=1S/C30H38O9/c1-7-38-26(34)21-17-12-16-18(30(5,24(17)33)23(28(21,2)3)22(32)27(35)36-6)8-10-29(4)19(16)13-20(31)39-25(29)15-9-11-37-14-15/h9,11,14,17-18,21-23,25,32H,7-8,10,12-13H2,1-6H3/t17-,18-,21-,22+,23-,25-,29+,30+/m0/s1. The molecule has 1 N–H and O–H groups in total. The molecule has 4 aliphatic rings. The minimum Gasteiger partial charge on any atom is -0.472 e. The van der Waals surface area contributed by atoms with Crippen molar-refractivity contribution in [2.75, 3.05) is 13.7 Å². The highest BCUT2D eigenvalue weighted by Gasteiger charge is 2.71. The second-order valence-corrected chi connectivity index (χ2v) is 12.6. The summed E-state index contributed by atoms with van der Waals surface area (Å²) >= 11 is 0. The average molecular weight is 543 g/mol. The quantitative estimate of drug-likeness (QED) is 0.334. The number of allylic oxidation sites excluding steroid dienone is 1. The minimum absolute atomic E-state index is 0.0887. The third kappa shape index (κ3) is 3.75. The number of furan rings is 1. The Morgan fingerprint density at radius 2 is 1.92 bits per heavy atom. The number of Topliss-reactive ketones (excluding diaryl/α,β-unsaturated/α-hetero) is 1. The molecule has 1 saturated heterocycles. The number of methoxy groups -OCH3 is 1. The van der Waals surface area contributed by atoms with E-state index in [1.807, 2.05) is 20.8 Å². The number of aliphatic hydroxyl groups is 1. The van der Waals surface area contributed by atoms with Crippen molar-refractivity contribution in [3.8, 4) is 0 Å². The molecule has 0 amide bonds. The highest BCUT2D eigenvalue weighted by Crippen LogP contribution is 2.69. The van der Waals surface area contributed by atoms with E-state index in [0.717, 1.165) is 16.7 Å². The Bertz CT molecular complexity index is 1230. The topological polar surface area (TPSA) is 129 Å². The van der Waals surface area contributed by atoms with Gasteiger partial charge in [-0.3, -0.25) is 14.4 Å². The highest BCUT2D eigenvalue weighted by atomic mass is 16.5. The van der Waals surface area contributed by atoms with Crippen LogP contribution < -0.4 is 0 Å². The first-order chi connectivity index (χ1) is 18.3. The van der Waals surface area contributed by atoms with E-state index in [1.165, 1.54) is 7.11 Å². The molecule has 8 atom stereocenters. The molecule has 1 aromatic rings. The summed E-state index contributed by atoms with van der Waals surface area (Å²) < 4.78 is 21.6. The van der Waals surface area contributed by atoms with Gasteiger partial charge in [0.05, 0.1) is 38.6 Å². The Morgan fingerprint density at radius 3 is 2.54 bits per heavy atom. The summed E-state index contributed by atoms with van der Waals surface area (Å²) in [6.07, 6.45) is 2.62. The van der Waals surface area contributed by atoms with Gasteiger partial charge >= 0.3 is 17.9 Å². The maximum absolute atomic E-state index is 14.4. The molecule has 39 heavy (non-hydrogen) atoms. The number of rotatable bonds is 5. The summed E-state index contributed by atoms with van der Waals surface area (Å²) in [5.74, 6) is -4.69. The van der Waals surface area contributed by atoms with Crippen molar-refractivity contribution in [3.63, 3.8) is 0 Å². The lowest BCUT2D eigenvalue weighted by atomic mass is 9.38. The number of carbonyl (C=O) groups excluding carboxylic acids is 4. The summed E-state index contributed by atoms with van der Waals surface area (Å²) in [6.45, 7) is 9.42. The summed E-state index contributed by atoms with van der Waals surface area (Å²) in [5.41, 5.74) is 0.00472. The maximum atomic E-state index is 14.4. The molecular formula is C30H38O9. The maximum Gasteiger partial charge on any atom is 0.335 e. The fourth-order valence-corrected chi connectivity index (χ4v) is 8.90. The molecule has 3 fully saturated rings. The van der Waals surface area contributed by atoms with Crippen LogP contribution in [0.4, 0.5) is 0 Å². The van der Waals surface area contributed by atoms with Gasteiger partial charge in [0.1, 0.15) is 11.9 Å². The number of esters is 3. The van der Waals surface area contributed by atoms with Crippen molar-refractivity contribution >= 4 is 23.7 Å². The van der Waals surface area contributed by atoms with Gasteiger partial charge in [0, 0.05) is 28.2 Å². The molecule has 212 valence electrons. The first-order valence-electron chi connectivity index (χ1n) is 13.7. The third-order valence-electron chi connectivity index (χ3n) is 10.4. The van der Waals surface area contributed by atoms with Gasteiger partial charge in [-0.05, 0) is 49.2 Å². The Balaban J connectivity index is 1.72. The van der Waals surface area contributed by atoms with E-state index in [1.54, 1.807) is 25.5 Å². The first kappa shape index (κ1) is 27.6. The van der Waals surface area contributed by atoms with Crippen LogP contribution in [0.1, 0.15) is 72.0 Å². The fraction of sp³-hybridized carbons (Fsp3) is 0.667. The zero-order valence-electron chi connectivity index (χ0n) is 23.4. The molecule has 0 aromatic carbocycles. The number of ether oxygens (including phenoxy) is 3. The molecule has 3 aliphatic carbocycles. The van der Waals surface area contributed by atoms with Crippen molar-refractivity contribution in [2.45, 2.75) is 72.5 Å². The normalized spacial score (nSPS) is 37.8. The number of hydrogen-bond donors (Lipinski definition) is 1. The SMILES string of the molecule is CCOC(=O)[C@@H]1[C@@H]2CC3=C4CC(=O)O[C@@H](c5ccoc5)[C@]4(C)CC[C@@H]3[C@@](C)(C2=O)[C@@H]([C@@H](O)C(=O)OC)C1(C)C. The van der Waals surface area contributed by atoms with Crippen LogP contribution in [-0.2, 0) is 33.4 Å². The number of aliphatic hydroxyl groups excluding tert-OH is 1. The summed E-state index contributed by atoms with van der Waals surface area (Å²) in [5, 5.41) is 11.4. The molecule has 0 unspecified atom stereocenters. The Labute approximate surface area is 228 Å². The predicted octanol–water partition coefficient (Wildman–Crippen LogP) is 3.95. The van der Waals surface area contributed by atoms with Crippen LogP contribution in [0.2, 0.25) is 0 Å². The van der Waals surface area contributed by atoms with Crippen LogP contribution in [0.5, 0.6) is 0 Å². The molecule has 9 nitrogen and oxygen atoms in total. The van der Waals surface area contributed by atoms with E-state index >= 15 is 0 Å². The van der Waals surface area contributed by atoms with Gasteiger partial charge in [0.15, 0.2) is 6.10 Å². The van der Waals surface area contributed by atoms with Crippen LogP contribution in [0.15, 0.2) is 34.2 Å². The van der Waals surface area contributed by atoms with Crippen LogP contribution in [0.3, 0.4) is 0 Å². The fourth-order valence-electron chi connectivity index (χ4n) is 8.90. The van der Waals surface area contributed by atoms with E-state index in [4.69, 9.17) is 18.6 Å². The number of ketones is 1. The lowest BCUT2D eigenvalue weighted by Crippen LogP contribution is -2.68. The van der Waals surface area contributed by atoms with Gasteiger partial charge < -0.3 is 23.7 Å². The molecule has 0 spiro atoms. The molecular weight excluding hydrogens is 504 g/mol. The van der Waals surface area contributed by atoms with E-state index in [-0.39, 0.29) is 30.7 Å². The summed E-state index contributed by atoms with van der Waals surface area (Å²) in [7, 11) is 1.20. The van der Waals surface area contributed by atoms with Crippen LogP contribution in [0.25, 0.3) is 0 Å². The number of fused-ring (bicyclic) bond motifs is 5. The lowest BCUT2D eigenvalue weighted by molar-refractivity contribution is -0.201. The van der Waals surface area contributed by atoms with Crippen molar-refractivity contribution in [1.82, 2.24) is 0 Å². The Morgan fingerprint density at radius 1 is 1.21 bits per heavy atom. The molecule has 2 bridgehead atoms. The highest BCUT2D eigenvalue weighted by molar-refractivity contribution is 5.96. The average Bonchev–Trinajstić information content (AvgIpc) is 3.40. The van der Waals surface area contributed by atoms with Crippen LogP contribution in [0, 0.1) is 39.9 Å². The molecule has 0 radical (unpaired) electrons. The van der Waals surface area contributed by atoms with E-state index in [0.29, 0.717) is 19.3 Å². The second-order valence-electron chi connectivity index (χ2n) is 12.6. The summed E-state index contributed by atoms with van der Waals surface area (Å²) in [6, 6.07) is 1.80. The van der Waals surface area contributed by atoms with Gasteiger partial charge in [0.25, 0.3) is 0 Å². The monoisotopic (exact) mass is 542 g/mol. The minimum atomic E-state index is -1.62. The van der Waals surface area contributed by atoms with E-state index in [9.17, 15) is 24.3 Å². The Hall–Kier alpha value is -2.94. The molecule has 1 aromatic heterocycles. The number of carbonyl (C=O) groups is 4. The first-order valence-corrected chi connectivity index (χ1v) is 13.7. The zero-order chi connectivity index (χ0) is 28.5. The van der Waals surface area contributed by atoms with Crippen molar-refractivity contribution < 1.29 is 42.9 Å². The zero-order valence-corrected chi connectivity index (χ0v) is 23.4. The summed E-state index contributed by atoms with van der Waals surface area (Å²) in [4.78, 5) is 53.6. The van der Waals surface area contributed by atoms with E-state index in [2.05, 4.69) is 6.92 Å². The van der Waals surface area contributed by atoms with Crippen molar-refractivity contribution in [3.05, 3.63) is 35.3 Å². The van der Waals surface area contributed by atoms with Crippen molar-refractivity contribution in [2.24, 2.45) is 39.9 Å². The lowest BCUT2D eigenvalue weighted by Gasteiger charge is -2.64. The molecule has 2 saturated carbocycles. The number of hydrogen-bond acceptors (Lipinski definition) is 9. The molecule has 9 heteroatoms. The Kier molecular flexibility index (Phi) is 6.60. The van der Waals surface area contributed by atoms with Crippen LogP contribution >= 0.6 is 0 Å². The largest absolute Gasteiger partial charge is 0.472 e. The predicted molar refractivity (Wildman–Crippen MR) is 137 cm³/mol. The van der Waals surface area contributed by atoms with Gasteiger partial charge in [-0.25, -0.2) is 4.79 Å². The molecule has 5 rings (SSSR count). The molecule has 2 heterocycles. The van der Waals surface area contributed by atoms with Gasteiger partial charge in [0.2, 0.25) is 0 Å². The molecule has 1 aliphatic heterocycles. The van der Waals surface area contributed by atoms with Crippen molar-refractivity contribution in [1.29, 1.82) is 0 Å². The van der Waals surface area contributed by atoms with E-state index < -0.39 is 58.1 Å². The van der Waals surface area contributed by atoms with Gasteiger partial charge in [-0.1, -0.05) is 33.3 Å². The second kappa shape index (κ2) is 9.32. The number of cyclic esters (lactones) is 1.